The van der Waals surface area contributed by atoms with Gasteiger partial charge in [0, 0.05) is 31.6 Å². The van der Waals surface area contributed by atoms with Gasteiger partial charge in [-0.1, -0.05) is 11.2 Å². The van der Waals surface area contributed by atoms with Crippen molar-refractivity contribution < 1.29 is 26.1 Å². The predicted molar refractivity (Wildman–Crippen MR) is 137 cm³/mol. The van der Waals surface area contributed by atoms with Crippen LogP contribution in [-0.2, 0) is 19.9 Å². The van der Waals surface area contributed by atoms with E-state index in [0.717, 1.165) is 31.1 Å². The molecule has 1 aromatic carbocycles. The highest BCUT2D eigenvalue weighted by atomic mass is 32.2. The second-order valence-corrected chi connectivity index (χ2v) is 13.5. The number of aromatic nitrogens is 3. The lowest BCUT2D eigenvalue weighted by Crippen LogP contribution is -2.41. The molecule has 1 saturated carbocycles. The fraction of sp³-hybridized carbons (Fsp3) is 0.522. The summed E-state index contributed by atoms with van der Waals surface area (Å²) in [6.45, 7) is 0.242. The average molecular weight is 538 g/mol. The van der Waals surface area contributed by atoms with Crippen LogP contribution in [-0.4, -0.2) is 80.3 Å². The molecule has 3 aromatic rings. The lowest BCUT2D eigenvalue weighted by molar-refractivity contribution is 0.276. The molecule has 0 spiro atoms. The molecule has 1 aliphatic rings. The Morgan fingerprint density at radius 2 is 1.86 bits per heavy atom. The number of fused-ring (bicyclic) bond motifs is 1. The molecule has 2 heterocycles. The van der Waals surface area contributed by atoms with Crippen molar-refractivity contribution in [2.24, 2.45) is 0 Å². The molecule has 1 fully saturated rings. The van der Waals surface area contributed by atoms with E-state index in [1.807, 2.05) is 12.1 Å². The third-order valence-corrected chi connectivity index (χ3v) is 8.72. The molecule has 0 bridgehead atoms. The fourth-order valence-electron chi connectivity index (χ4n) is 4.34. The molecule has 1 N–H and O–H groups in total. The second kappa shape index (κ2) is 10.7. The standard InChI is InChI=1S/C23H31N5O6S2/c1-28(36(3,31)32)17-10-8-16(9-11-17)25-23-24-13-12-19(26-23)21-18-6-4-7-20(22(18)34-27-21)33-14-5-15-35(2,29)30/h4,6-7,12-13,16-17H,5,8-11,14-15H2,1-3H3,(H,24,25,26)/t16-,17-. The molecule has 13 heteroatoms. The molecule has 196 valence electrons. The Labute approximate surface area is 211 Å². The Kier molecular flexibility index (Phi) is 7.81. The zero-order chi connectivity index (χ0) is 25.9. The summed E-state index contributed by atoms with van der Waals surface area (Å²) in [5.74, 6) is 1.01. The summed E-state index contributed by atoms with van der Waals surface area (Å²) in [7, 11) is -4.61. The number of nitrogens with one attached hydrogen (secondary N) is 1. The van der Waals surface area contributed by atoms with E-state index in [2.05, 4.69) is 20.4 Å². The number of rotatable bonds is 10. The first-order valence-corrected chi connectivity index (χ1v) is 15.6. The Hall–Kier alpha value is -2.77. The molecule has 2 aromatic heterocycles. The summed E-state index contributed by atoms with van der Waals surface area (Å²) in [6.07, 6.45) is 7.62. The van der Waals surface area contributed by atoms with Crippen LogP contribution in [0.1, 0.15) is 32.1 Å². The van der Waals surface area contributed by atoms with Crippen LogP contribution in [0.4, 0.5) is 5.95 Å². The van der Waals surface area contributed by atoms with Gasteiger partial charge in [-0.3, -0.25) is 0 Å². The third-order valence-electron chi connectivity index (χ3n) is 6.34. The molecule has 0 amide bonds. The summed E-state index contributed by atoms with van der Waals surface area (Å²) in [5, 5.41) is 8.29. The molecular formula is C23H31N5O6S2. The number of benzene rings is 1. The van der Waals surface area contributed by atoms with E-state index in [4.69, 9.17) is 9.26 Å². The van der Waals surface area contributed by atoms with Gasteiger partial charge in [-0.15, -0.1) is 0 Å². The fourth-order valence-corrected chi connectivity index (χ4v) is 5.73. The maximum Gasteiger partial charge on any atom is 0.223 e. The Balaban J connectivity index is 1.43. The van der Waals surface area contributed by atoms with Crippen molar-refractivity contribution >= 4 is 36.8 Å². The summed E-state index contributed by atoms with van der Waals surface area (Å²) in [6, 6.07) is 7.34. The molecular weight excluding hydrogens is 506 g/mol. The van der Waals surface area contributed by atoms with Gasteiger partial charge in [0.15, 0.2) is 5.75 Å². The molecule has 0 saturated heterocycles. The van der Waals surface area contributed by atoms with Gasteiger partial charge >= 0.3 is 0 Å². The highest BCUT2D eigenvalue weighted by molar-refractivity contribution is 7.90. The number of ether oxygens (including phenoxy) is 1. The van der Waals surface area contributed by atoms with E-state index < -0.39 is 19.9 Å². The normalized spacial score (nSPS) is 19.0. The summed E-state index contributed by atoms with van der Waals surface area (Å²) >= 11 is 0. The number of anilines is 1. The lowest BCUT2D eigenvalue weighted by atomic mass is 9.91. The van der Waals surface area contributed by atoms with Crippen molar-refractivity contribution in [2.75, 3.05) is 37.2 Å². The van der Waals surface area contributed by atoms with Crippen molar-refractivity contribution in [3.63, 3.8) is 0 Å². The Morgan fingerprint density at radius 1 is 1.11 bits per heavy atom. The molecule has 0 unspecified atom stereocenters. The molecule has 1 aliphatic carbocycles. The predicted octanol–water partition coefficient (Wildman–Crippen LogP) is 2.71. The lowest BCUT2D eigenvalue weighted by Gasteiger charge is -2.33. The van der Waals surface area contributed by atoms with Crippen molar-refractivity contribution in [3.05, 3.63) is 30.5 Å². The molecule has 0 atom stereocenters. The van der Waals surface area contributed by atoms with Gasteiger partial charge in [0.1, 0.15) is 15.5 Å². The van der Waals surface area contributed by atoms with Crippen molar-refractivity contribution in [2.45, 2.75) is 44.2 Å². The quantitative estimate of drug-likeness (QED) is 0.383. The summed E-state index contributed by atoms with van der Waals surface area (Å²) in [4.78, 5) is 8.97. The minimum atomic E-state index is -3.20. The maximum atomic E-state index is 11.8. The Morgan fingerprint density at radius 3 is 2.56 bits per heavy atom. The zero-order valence-corrected chi connectivity index (χ0v) is 22.2. The molecule has 36 heavy (non-hydrogen) atoms. The third kappa shape index (κ3) is 6.51. The highest BCUT2D eigenvalue weighted by Crippen LogP contribution is 2.33. The van der Waals surface area contributed by atoms with E-state index in [0.29, 0.717) is 35.1 Å². The first-order chi connectivity index (χ1) is 17.0. The number of hydrogen-bond acceptors (Lipinski definition) is 10. The van der Waals surface area contributed by atoms with Gasteiger partial charge < -0.3 is 14.6 Å². The van der Waals surface area contributed by atoms with Gasteiger partial charge in [-0.25, -0.2) is 31.1 Å². The van der Waals surface area contributed by atoms with Crippen molar-refractivity contribution in [3.8, 4) is 17.1 Å². The summed E-state index contributed by atoms with van der Waals surface area (Å²) < 4.78 is 59.0. The van der Waals surface area contributed by atoms with Crippen LogP contribution < -0.4 is 10.1 Å². The first-order valence-electron chi connectivity index (χ1n) is 11.7. The van der Waals surface area contributed by atoms with Crippen molar-refractivity contribution in [1.29, 1.82) is 0 Å². The van der Waals surface area contributed by atoms with E-state index in [1.54, 1.807) is 25.4 Å². The van der Waals surface area contributed by atoms with Crippen LogP contribution >= 0.6 is 0 Å². The van der Waals surface area contributed by atoms with Crippen LogP contribution in [0.5, 0.6) is 5.75 Å². The summed E-state index contributed by atoms with van der Waals surface area (Å²) in [5.41, 5.74) is 1.61. The average Bonchev–Trinajstić information content (AvgIpc) is 3.26. The minimum absolute atomic E-state index is 0.00888. The molecule has 11 nitrogen and oxygen atoms in total. The van der Waals surface area contributed by atoms with E-state index in [-0.39, 0.29) is 24.4 Å². The number of hydrogen-bond donors (Lipinski definition) is 1. The molecule has 0 aliphatic heterocycles. The molecule has 0 radical (unpaired) electrons. The largest absolute Gasteiger partial charge is 0.490 e. The van der Waals surface area contributed by atoms with Crippen LogP contribution in [0, 0.1) is 0 Å². The van der Waals surface area contributed by atoms with Gasteiger partial charge in [-0.05, 0) is 50.3 Å². The monoisotopic (exact) mass is 537 g/mol. The van der Waals surface area contributed by atoms with Gasteiger partial charge in [-0.2, -0.15) is 0 Å². The van der Waals surface area contributed by atoms with Crippen LogP contribution in [0.25, 0.3) is 22.4 Å². The van der Waals surface area contributed by atoms with Crippen LogP contribution in [0.3, 0.4) is 0 Å². The number of nitrogens with zero attached hydrogens (tertiary/aromatic N) is 4. The van der Waals surface area contributed by atoms with E-state index >= 15 is 0 Å². The van der Waals surface area contributed by atoms with E-state index in [1.165, 1.54) is 16.8 Å². The maximum absolute atomic E-state index is 11.8. The van der Waals surface area contributed by atoms with Gasteiger partial charge in [0.2, 0.25) is 21.6 Å². The van der Waals surface area contributed by atoms with Gasteiger partial charge in [0.05, 0.1) is 29.7 Å². The molecule has 4 rings (SSSR count). The first kappa shape index (κ1) is 26.3. The zero-order valence-electron chi connectivity index (χ0n) is 20.5. The smallest absolute Gasteiger partial charge is 0.223 e. The minimum Gasteiger partial charge on any atom is -0.490 e. The topological polar surface area (TPSA) is 145 Å². The number of sulfone groups is 1. The highest BCUT2D eigenvalue weighted by Gasteiger charge is 2.28. The van der Waals surface area contributed by atoms with Crippen LogP contribution in [0.15, 0.2) is 35.0 Å². The van der Waals surface area contributed by atoms with Gasteiger partial charge in [0.25, 0.3) is 0 Å². The van der Waals surface area contributed by atoms with Crippen LogP contribution in [0.2, 0.25) is 0 Å². The number of para-hydroxylation sites is 1. The van der Waals surface area contributed by atoms with E-state index in [9.17, 15) is 16.8 Å². The Bertz CT molecular complexity index is 1420. The SMILES string of the molecule is CN([C@H]1CC[C@H](Nc2nccc(-c3noc4c(OCCCS(C)(=O)=O)cccc34)n2)CC1)S(C)(=O)=O. The van der Waals surface area contributed by atoms with Crippen molar-refractivity contribution in [1.82, 2.24) is 19.4 Å². The number of sulfonamides is 1. The second-order valence-electron chi connectivity index (χ2n) is 9.19.